The van der Waals surface area contributed by atoms with E-state index < -0.39 is 22.2 Å². The molecule has 0 aromatic carbocycles. The predicted molar refractivity (Wildman–Crippen MR) is 44.5 cm³/mol. The Morgan fingerprint density at radius 2 is 2.07 bits per heavy atom. The van der Waals surface area contributed by atoms with E-state index in [2.05, 4.69) is 4.18 Å². The molecule has 8 heteroatoms. The molecule has 0 radical (unpaired) electrons. The number of alkyl halides is 3. The molecule has 0 aromatic heterocycles. The molecule has 4 nitrogen and oxygen atoms in total. The average Bonchev–Trinajstić information content (AvgIpc) is 2.15. The molecule has 0 aliphatic carbocycles. The maximum atomic E-state index is 11.8. The van der Waals surface area contributed by atoms with Crippen LogP contribution in [0.2, 0.25) is 0 Å². The van der Waals surface area contributed by atoms with Crippen molar-refractivity contribution in [3.8, 4) is 0 Å². The van der Waals surface area contributed by atoms with E-state index in [-0.39, 0.29) is 12.5 Å². The summed E-state index contributed by atoms with van der Waals surface area (Å²) in [5, 5.41) is 0. The van der Waals surface area contributed by atoms with Gasteiger partial charge in [0.1, 0.15) is 0 Å². The van der Waals surface area contributed by atoms with Crippen molar-refractivity contribution in [2.24, 2.45) is 5.92 Å². The summed E-state index contributed by atoms with van der Waals surface area (Å²) in [7, 11) is -5.45. The van der Waals surface area contributed by atoms with E-state index in [1.807, 2.05) is 0 Å². The van der Waals surface area contributed by atoms with Gasteiger partial charge in [-0.3, -0.25) is 4.18 Å². The van der Waals surface area contributed by atoms with Crippen molar-refractivity contribution in [1.82, 2.24) is 0 Å². The molecule has 1 heterocycles. The van der Waals surface area contributed by atoms with E-state index in [9.17, 15) is 21.6 Å². The van der Waals surface area contributed by atoms with Crippen LogP contribution in [0.5, 0.6) is 0 Å². The first kappa shape index (κ1) is 12.7. The van der Waals surface area contributed by atoms with Crippen molar-refractivity contribution in [1.29, 1.82) is 0 Å². The van der Waals surface area contributed by atoms with Crippen LogP contribution in [-0.2, 0) is 19.0 Å². The summed E-state index contributed by atoms with van der Waals surface area (Å²) in [6, 6.07) is 0. The standard InChI is InChI=1S/C7H11F3O4S/c8-7(9,10)15(11,12)14-5-6-2-1-3-13-4-6/h6H,1-5H2/t6-/m0/s1. The van der Waals surface area contributed by atoms with Crippen LogP contribution in [-0.4, -0.2) is 33.7 Å². The van der Waals surface area contributed by atoms with Crippen molar-refractivity contribution >= 4 is 10.1 Å². The van der Waals surface area contributed by atoms with Crippen molar-refractivity contribution in [3.63, 3.8) is 0 Å². The molecule has 1 fully saturated rings. The van der Waals surface area contributed by atoms with E-state index >= 15 is 0 Å². The van der Waals surface area contributed by atoms with Crippen LogP contribution >= 0.6 is 0 Å². The summed E-state index contributed by atoms with van der Waals surface area (Å²) < 4.78 is 65.4. The van der Waals surface area contributed by atoms with Gasteiger partial charge in [0.05, 0.1) is 13.2 Å². The molecular weight excluding hydrogens is 237 g/mol. The second-order valence-corrected chi connectivity index (χ2v) is 4.87. The first-order valence-corrected chi connectivity index (χ1v) is 5.77. The van der Waals surface area contributed by atoms with Crippen LogP contribution in [0.3, 0.4) is 0 Å². The van der Waals surface area contributed by atoms with E-state index in [4.69, 9.17) is 4.74 Å². The minimum Gasteiger partial charge on any atom is -0.381 e. The molecule has 1 saturated heterocycles. The third-order valence-electron chi connectivity index (χ3n) is 2.00. The summed E-state index contributed by atoms with van der Waals surface area (Å²) in [6.07, 6.45) is 1.33. The van der Waals surface area contributed by atoms with Gasteiger partial charge in [-0.05, 0) is 12.8 Å². The lowest BCUT2D eigenvalue weighted by atomic mass is 10.0. The second kappa shape index (κ2) is 4.67. The van der Waals surface area contributed by atoms with Gasteiger partial charge < -0.3 is 4.74 Å². The SMILES string of the molecule is O=S(=O)(OC[C@H]1CCCOC1)C(F)(F)F. The number of halogens is 3. The largest absolute Gasteiger partial charge is 0.523 e. The van der Waals surface area contributed by atoms with Crippen LogP contribution in [0.1, 0.15) is 12.8 Å². The fourth-order valence-electron chi connectivity index (χ4n) is 1.19. The lowest BCUT2D eigenvalue weighted by Gasteiger charge is -2.21. The normalized spacial score (nSPS) is 24.1. The van der Waals surface area contributed by atoms with Crippen LogP contribution in [0.15, 0.2) is 0 Å². The number of hydrogen-bond donors (Lipinski definition) is 0. The van der Waals surface area contributed by atoms with Crippen molar-refractivity contribution in [2.75, 3.05) is 19.8 Å². The van der Waals surface area contributed by atoms with Crippen molar-refractivity contribution in [3.05, 3.63) is 0 Å². The third kappa shape index (κ3) is 3.62. The number of hydrogen-bond acceptors (Lipinski definition) is 4. The molecule has 1 aliphatic heterocycles. The van der Waals surface area contributed by atoms with E-state index in [0.29, 0.717) is 19.4 Å². The Kier molecular flexibility index (Phi) is 3.96. The topological polar surface area (TPSA) is 52.6 Å². The highest BCUT2D eigenvalue weighted by Gasteiger charge is 2.47. The first-order chi connectivity index (χ1) is 6.83. The lowest BCUT2D eigenvalue weighted by Crippen LogP contribution is -2.30. The van der Waals surface area contributed by atoms with Gasteiger partial charge in [0.2, 0.25) is 0 Å². The van der Waals surface area contributed by atoms with Crippen LogP contribution in [0.25, 0.3) is 0 Å². The summed E-state index contributed by atoms with van der Waals surface area (Å²) in [6.45, 7) is 0.331. The quantitative estimate of drug-likeness (QED) is 0.557. The Bertz CT molecular complexity index is 292. The third-order valence-corrected chi connectivity index (χ3v) is 3.01. The Hall–Kier alpha value is -0.340. The molecule has 1 rings (SSSR count). The smallest absolute Gasteiger partial charge is 0.381 e. The maximum absolute atomic E-state index is 11.8. The molecule has 0 amide bonds. The molecule has 0 aromatic rings. The highest BCUT2D eigenvalue weighted by molar-refractivity contribution is 7.87. The Labute approximate surface area is 85.5 Å². The van der Waals surface area contributed by atoms with Gasteiger partial charge in [-0.15, -0.1) is 0 Å². The van der Waals surface area contributed by atoms with Gasteiger partial charge in [-0.1, -0.05) is 0 Å². The number of rotatable bonds is 3. The highest BCUT2D eigenvalue weighted by atomic mass is 32.2. The molecule has 0 bridgehead atoms. The molecule has 0 saturated carbocycles. The van der Waals surface area contributed by atoms with E-state index in [0.717, 1.165) is 0 Å². The summed E-state index contributed by atoms with van der Waals surface area (Å²) in [5.41, 5.74) is -5.34. The molecule has 15 heavy (non-hydrogen) atoms. The van der Waals surface area contributed by atoms with E-state index in [1.54, 1.807) is 0 Å². The van der Waals surface area contributed by atoms with Crippen molar-refractivity contribution < 1.29 is 30.5 Å². The Morgan fingerprint density at radius 3 is 2.53 bits per heavy atom. The van der Waals surface area contributed by atoms with E-state index in [1.165, 1.54) is 0 Å². The maximum Gasteiger partial charge on any atom is 0.523 e. The number of ether oxygens (including phenoxy) is 1. The molecule has 0 spiro atoms. The fraction of sp³-hybridized carbons (Fsp3) is 1.00. The second-order valence-electron chi connectivity index (χ2n) is 3.27. The van der Waals surface area contributed by atoms with Gasteiger partial charge in [0, 0.05) is 12.5 Å². The zero-order valence-corrected chi connectivity index (χ0v) is 8.60. The molecular formula is C7H11F3O4S. The first-order valence-electron chi connectivity index (χ1n) is 4.36. The minimum atomic E-state index is -5.45. The molecule has 1 aliphatic rings. The van der Waals surface area contributed by atoms with Crippen molar-refractivity contribution in [2.45, 2.75) is 18.3 Å². The summed E-state index contributed by atoms with van der Waals surface area (Å²) >= 11 is 0. The average molecular weight is 248 g/mol. The molecule has 0 N–H and O–H groups in total. The molecule has 0 unspecified atom stereocenters. The monoisotopic (exact) mass is 248 g/mol. The zero-order chi connectivity index (χ0) is 11.5. The minimum absolute atomic E-state index is 0.243. The molecule has 90 valence electrons. The lowest BCUT2D eigenvalue weighted by molar-refractivity contribution is -0.0568. The fourth-order valence-corrected chi connectivity index (χ4v) is 1.70. The van der Waals surface area contributed by atoms with Gasteiger partial charge in [-0.25, -0.2) is 0 Å². The van der Waals surface area contributed by atoms with Crippen LogP contribution in [0, 0.1) is 5.92 Å². The van der Waals surface area contributed by atoms with Gasteiger partial charge in [0.25, 0.3) is 0 Å². The Morgan fingerprint density at radius 1 is 1.40 bits per heavy atom. The molecule has 1 atom stereocenters. The summed E-state index contributed by atoms with van der Waals surface area (Å²) in [4.78, 5) is 0. The summed E-state index contributed by atoms with van der Waals surface area (Å²) in [5.74, 6) is -0.282. The Balaban J connectivity index is 2.42. The highest BCUT2D eigenvalue weighted by Crippen LogP contribution is 2.25. The van der Waals surface area contributed by atoms with Crippen LogP contribution < -0.4 is 0 Å². The van der Waals surface area contributed by atoms with Gasteiger partial charge in [-0.2, -0.15) is 21.6 Å². The van der Waals surface area contributed by atoms with Gasteiger partial charge >= 0.3 is 15.6 Å². The van der Waals surface area contributed by atoms with Gasteiger partial charge in [0.15, 0.2) is 0 Å². The predicted octanol–water partition coefficient (Wildman–Crippen LogP) is 1.28. The van der Waals surface area contributed by atoms with Crippen LogP contribution in [0.4, 0.5) is 13.2 Å². The zero-order valence-electron chi connectivity index (χ0n) is 7.79.